The molecule has 1 aliphatic heterocycles. The largest absolute Gasteiger partial charge is 0.486 e. The van der Waals surface area contributed by atoms with E-state index in [1.807, 2.05) is 43.3 Å². The molecule has 0 radical (unpaired) electrons. The number of benzene rings is 2. The number of nitrogens with one attached hydrogen (secondary N) is 1. The Morgan fingerprint density at radius 3 is 2.90 bits per heavy atom. The minimum absolute atomic E-state index is 0.0782. The van der Waals surface area contributed by atoms with Crippen molar-refractivity contribution >= 4 is 16.8 Å². The van der Waals surface area contributed by atoms with Gasteiger partial charge in [0.15, 0.2) is 11.5 Å². The fraction of sp³-hybridized carbons (Fsp3) is 0.318. The highest BCUT2D eigenvalue weighted by Crippen LogP contribution is 2.30. The number of aromatic nitrogens is 2. The summed E-state index contributed by atoms with van der Waals surface area (Å²) in [6.45, 7) is 3.15. The molecule has 0 fully saturated rings. The Labute approximate surface area is 168 Å². The monoisotopic (exact) mass is 393 g/mol. The summed E-state index contributed by atoms with van der Waals surface area (Å²) in [4.78, 5) is 29.1. The zero-order chi connectivity index (χ0) is 20.2. The van der Waals surface area contributed by atoms with E-state index in [1.165, 1.54) is 0 Å². The molecule has 7 heteroatoms. The number of hydrogen-bond acceptors (Lipinski definition) is 5. The van der Waals surface area contributed by atoms with E-state index in [-0.39, 0.29) is 17.6 Å². The molecule has 1 aliphatic rings. The normalized spacial score (nSPS) is 15.3. The Bertz CT molecular complexity index is 1090. The summed E-state index contributed by atoms with van der Waals surface area (Å²) in [5.41, 5.74) is 1.62. The molecule has 0 spiro atoms. The first-order valence-corrected chi connectivity index (χ1v) is 9.72. The highest BCUT2D eigenvalue weighted by atomic mass is 16.6. The van der Waals surface area contributed by atoms with Gasteiger partial charge in [-0.15, -0.1) is 0 Å². The molecule has 0 unspecified atom stereocenters. The molecule has 0 bridgehead atoms. The van der Waals surface area contributed by atoms with Crippen LogP contribution in [0, 0.1) is 6.92 Å². The Kier molecular flexibility index (Phi) is 5.46. The van der Waals surface area contributed by atoms with Gasteiger partial charge in [0, 0.05) is 13.0 Å². The minimum atomic E-state index is -0.218. The Morgan fingerprint density at radius 1 is 1.21 bits per heavy atom. The summed E-state index contributed by atoms with van der Waals surface area (Å²) in [6, 6.07) is 13.0. The lowest BCUT2D eigenvalue weighted by molar-refractivity contribution is -0.121. The van der Waals surface area contributed by atoms with E-state index in [2.05, 4.69) is 10.3 Å². The summed E-state index contributed by atoms with van der Waals surface area (Å²) in [6.07, 6.45) is 2.21. The Balaban J connectivity index is 1.26. The van der Waals surface area contributed by atoms with E-state index in [0.717, 1.165) is 16.8 Å². The number of ether oxygens (including phenoxy) is 2. The van der Waals surface area contributed by atoms with E-state index >= 15 is 0 Å². The maximum Gasteiger partial charge on any atom is 0.261 e. The maximum absolute atomic E-state index is 12.6. The minimum Gasteiger partial charge on any atom is -0.486 e. The SMILES string of the molecule is Cc1cccc2c(=O)n(CCCC(=O)NC[C@@H]3COc4ccccc4O3)cnc12. The number of para-hydroxylation sites is 3. The zero-order valence-electron chi connectivity index (χ0n) is 16.3. The summed E-state index contributed by atoms with van der Waals surface area (Å²) < 4.78 is 13.0. The molecule has 1 amide bonds. The molecule has 150 valence electrons. The second-order valence-electron chi connectivity index (χ2n) is 7.12. The van der Waals surface area contributed by atoms with Crippen LogP contribution in [0.1, 0.15) is 18.4 Å². The summed E-state index contributed by atoms with van der Waals surface area (Å²) in [5, 5.41) is 3.48. The molecule has 1 aromatic heterocycles. The number of carbonyl (C=O) groups excluding carboxylic acids is 1. The van der Waals surface area contributed by atoms with Gasteiger partial charge in [-0.25, -0.2) is 4.98 Å². The average molecular weight is 393 g/mol. The predicted octanol–water partition coefficient (Wildman–Crippen LogP) is 2.44. The third-order valence-corrected chi connectivity index (χ3v) is 4.95. The second-order valence-corrected chi connectivity index (χ2v) is 7.12. The molecule has 2 aromatic carbocycles. The van der Waals surface area contributed by atoms with Gasteiger partial charge < -0.3 is 14.8 Å². The van der Waals surface area contributed by atoms with E-state index < -0.39 is 0 Å². The molecule has 29 heavy (non-hydrogen) atoms. The van der Waals surface area contributed by atoms with Gasteiger partial charge in [0.2, 0.25) is 5.91 Å². The lowest BCUT2D eigenvalue weighted by atomic mass is 10.1. The van der Waals surface area contributed by atoms with Crippen LogP contribution in [-0.2, 0) is 11.3 Å². The highest BCUT2D eigenvalue weighted by Gasteiger charge is 2.20. The van der Waals surface area contributed by atoms with Crippen molar-refractivity contribution in [1.29, 1.82) is 0 Å². The lowest BCUT2D eigenvalue weighted by Crippen LogP contribution is -2.40. The summed E-state index contributed by atoms with van der Waals surface area (Å²) in [5.74, 6) is 1.33. The number of amides is 1. The van der Waals surface area contributed by atoms with E-state index in [0.29, 0.717) is 43.7 Å². The Hall–Kier alpha value is -3.35. The van der Waals surface area contributed by atoms with Gasteiger partial charge in [-0.2, -0.15) is 0 Å². The molecule has 7 nitrogen and oxygen atoms in total. The molecule has 1 N–H and O–H groups in total. The van der Waals surface area contributed by atoms with Crippen LogP contribution in [0.3, 0.4) is 0 Å². The van der Waals surface area contributed by atoms with Crippen molar-refractivity contribution in [1.82, 2.24) is 14.9 Å². The zero-order valence-corrected chi connectivity index (χ0v) is 16.3. The van der Waals surface area contributed by atoms with Crippen molar-refractivity contribution in [2.75, 3.05) is 13.2 Å². The molecule has 0 aliphatic carbocycles. The van der Waals surface area contributed by atoms with Gasteiger partial charge in [0.25, 0.3) is 5.56 Å². The van der Waals surface area contributed by atoms with Gasteiger partial charge in [0.1, 0.15) is 12.7 Å². The van der Waals surface area contributed by atoms with Crippen molar-refractivity contribution in [2.24, 2.45) is 0 Å². The molecule has 3 aromatic rings. The molecule has 4 rings (SSSR count). The first-order valence-electron chi connectivity index (χ1n) is 9.72. The van der Waals surface area contributed by atoms with Gasteiger partial charge in [-0.1, -0.05) is 24.3 Å². The summed E-state index contributed by atoms with van der Waals surface area (Å²) in [7, 11) is 0. The van der Waals surface area contributed by atoms with Crippen molar-refractivity contribution in [2.45, 2.75) is 32.4 Å². The van der Waals surface area contributed by atoms with E-state index in [9.17, 15) is 9.59 Å². The maximum atomic E-state index is 12.6. The van der Waals surface area contributed by atoms with Crippen molar-refractivity contribution in [3.05, 3.63) is 64.7 Å². The number of nitrogens with zero attached hydrogens (tertiary/aromatic N) is 2. The number of rotatable bonds is 6. The molecular formula is C22H23N3O4. The number of fused-ring (bicyclic) bond motifs is 2. The molecular weight excluding hydrogens is 370 g/mol. The van der Waals surface area contributed by atoms with Crippen molar-refractivity contribution in [3.63, 3.8) is 0 Å². The van der Waals surface area contributed by atoms with Crippen LogP contribution >= 0.6 is 0 Å². The third-order valence-electron chi connectivity index (χ3n) is 4.95. The Morgan fingerprint density at radius 2 is 2.03 bits per heavy atom. The predicted molar refractivity (Wildman–Crippen MR) is 109 cm³/mol. The molecule has 2 heterocycles. The van der Waals surface area contributed by atoms with Crippen molar-refractivity contribution < 1.29 is 14.3 Å². The fourth-order valence-corrected chi connectivity index (χ4v) is 3.39. The van der Waals surface area contributed by atoms with Crippen LogP contribution in [0.2, 0.25) is 0 Å². The smallest absolute Gasteiger partial charge is 0.261 e. The quantitative estimate of drug-likeness (QED) is 0.696. The standard InChI is InChI=1S/C22H23N3O4/c1-15-6-4-7-17-21(15)24-14-25(22(17)27)11-5-10-20(26)23-12-16-13-28-18-8-2-3-9-19(18)29-16/h2-4,6-9,14,16H,5,10-13H2,1H3,(H,23,26)/t16-/m1/s1. The van der Waals surface area contributed by atoms with Crippen LogP contribution in [0.25, 0.3) is 10.9 Å². The van der Waals surface area contributed by atoms with Crippen LogP contribution < -0.4 is 20.3 Å². The van der Waals surface area contributed by atoms with Gasteiger partial charge in [-0.3, -0.25) is 14.2 Å². The van der Waals surface area contributed by atoms with Crippen LogP contribution in [0.4, 0.5) is 0 Å². The third kappa shape index (κ3) is 4.23. The molecule has 0 saturated heterocycles. The number of carbonyl (C=O) groups is 1. The first-order chi connectivity index (χ1) is 14.1. The molecule has 1 atom stereocenters. The van der Waals surface area contributed by atoms with Crippen LogP contribution in [-0.4, -0.2) is 34.7 Å². The molecule has 0 saturated carbocycles. The first kappa shape index (κ1) is 19.0. The fourth-order valence-electron chi connectivity index (χ4n) is 3.39. The second kappa shape index (κ2) is 8.34. The number of aryl methyl sites for hydroxylation is 2. The van der Waals surface area contributed by atoms with Gasteiger partial charge >= 0.3 is 0 Å². The van der Waals surface area contributed by atoms with Crippen LogP contribution in [0.5, 0.6) is 11.5 Å². The van der Waals surface area contributed by atoms with E-state index in [4.69, 9.17) is 9.47 Å². The van der Waals surface area contributed by atoms with Gasteiger partial charge in [0.05, 0.1) is 23.8 Å². The summed E-state index contributed by atoms with van der Waals surface area (Å²) >= 11 is 0. The van der Waals surface area contributed by atoms with Crippen LogP contribution in [0.15, 0.2) is 53.6 Å². The lowest BCUT2D eigenvalue weighted by Gasteiger charge is -2.26. The van der Waals surface area contributed by atoms with Gasteiger partial charge in [-0.05, 0) is 37.1 Å². The average Bonchev–Trinajstić information content (AvgIpc) is 2.74. The van der Waals surface area contributed by atoms with E-state index in [1.54, 1.807) is 17.0 Å². The highest BCUT2D eigenvalue weighted by molar-refractivity contribution is 5.80. The number of hydrogen-bond donors (Lipinski definition) is 1. The van der Waals surface area contributed by atoms with Crippen molar-refractivity contribution in [3.8, 4) is 11.5 Å². The topological polar surface area (TPSA) is 82.5 Å².